The number of hydrogen-bond donors (Lipinski definition) is 1. The fourth-order valence-corrected chi connectivity index (χ4v) is 1.42. The summed E-state index contributed by atoms with van der Waals surface area (Å²) in [5, 5.41) is 3.23. The number of carbonyl (C=O) groups excluding carboxylic acids is 1. The van der Waals surface area contributed by atoms with Crippen LogP contribution in [0.2, 0.25) is 5.15 Å². The van der Waals surface area contributed by atoms with Gasteiger partial charge in [-0.05, 0) is 32.4 Å². The number of rotatable bonds is 3. The first-order valence-corrected chi connectivity index (χ1v) is 5.35. The van der Waals surface area contributed by atoms with E-state index in [0.717, 1.165) is 12.1 Å². The molecule has 1 aromatic rings. The van der Waals surface area contributed by atoms with Crippen molar-refractivity contribution in [1.29, 1.82) is 0 Å². The van der Waals surface area contributed by atoms with Gasteiger partial charge in [0, 0.05) is 17.3 Å². The Hall–Kier alpha value is -1.09. The minimum absolute atomic E-state index is 0.100. The molecule has 0 radical (unpaired) electrons. The standard InChI is InChI=1S/C11H15ClN2O/c1-4-7(2)14-11(15)9-5-8(3)13-10(12)6-9/h5-7H,4H2,1-3H3,(H,14,15). The van der Waals surface area contributed by atoms with Crippen LogP contribution in [0.4, 0.5) is 0 Å². The van der Waals surface area contributed by atoms with Crippen LogP contribution in [-0.2, 0) is 0 Å². The van der Waals surface area contributed by atoms with Crippen molar-refractivity contribution in [2.75, 3.05) is 0 Å². The number of pyridine rings is 1. The van der Waals surface area contributed by atoms with Gasteiger partial charge in [-0.25, -0.2) is 4.98 Å². The zero-order valence-electron chi connectivity index (χ0n) is 9.17. The number of aromatic nitrogens is 1. The summed E-state index contributed by atoms with van der Waals surface area (Å²) in [5.74, 6) is -0.100. The number of halogens is 1. The third-order valence-electron chi connectivity index (χ3n) is 2.17. The maximum Gasteiger partial charge on any atom is 0.251 e. The Balaban J connectivity index is 2.82. The van der Waals surface area contributed by atoms with Crippen molar-refractivity contribution in [3.8, 4) is 0 Å². The van der Waals surface area contributed by atoms with Crippen LogP contribution in [0.1, 0.15) is 36.3 Å². The maximum absolute atomic E-state index is 11.7. The average Bonchev–Trinajstić information content (AvgIpc) is 2.16. The summed E-state index contributed by atoms with van der Waals surface area (Å²) >= 11 is 5.77. The summed E-state index contributed by atoms with van der Waals surface area (Å²) in [6.45, 7) is 5.80. The van der Waals surface area contributed by atoms with Crippen molar-refractivity contribution in [2.45, 2.75) is 33.2 Å². The van der Waals surface area contributed by atoms with E-state index in [1.54, 1.807) is 12.1 Å². The summed E-state index contributed by atoms with van der Waals surface area (Å²) in [6, 6.07) is 3.47. The second kappa shape index (κ2) is 5.12. The highest BCUT2D eigenvalue weighted by atomic mass is 35.5. The third-order valence-corrected chi connectivity index (χ3v) is 2.37. The fraction of sp³-hybridized carbons (Fsp3) is 0.455. The number of nitrogens with one attached hydrogen (secondary N) is 1. The van der Waals surface area contributed by atoms with Crippen LogP contribution in [0.15, 0.2) is 12.1 Å². The number of aryl methyl sites for hydroxylation is 1. The minimum atomic E-state index is -0.100. The van der Waals surface area contributed by atoms with E-state index in [0.29, 0.717) is 10.7 Å². The van der Waals surface area contributed by atoms with E-state index in [2.05, 4.69) is 10.3 Å². The van der Waals surface area contributed by atoms with Crippen LogP contribution in [0, 0.1) is 6.92 Å². The normalized spacial score (nSPS) is 12.3. The van der Waals surface area contributed by atoms with Crippen molar-refractivity contribution < 1.29 is 4.79 Å². The van der Waals surface area contributed by atoms with Crippen molar-refractivity contribution in [2.24, 2.45) is 0 Å². The van der Waals surface area contributed by atoms with Crippen molar-refractivity contribution in [3.05, 3.63) is 28.5 Å². The van der Waals surface area contributed by atoms with E-state index in [1.165, 1.54) is 0 Å². The monoisotopic (exact) mass is 226 g/mol. The van der Waals surface area contributed by atoms with Crippen LogP contribution in [0.5, 0.6) is 0 Å². The SMILES string of the molecule is CCC(C)NC(=O)c1cc(C)nc(Cl)c1. The molecule has 0 aliphatic heterocycles. The van der Waals surface area contributed by atoms with Gasteiger partial charge in [0.25, 0.3) is 5.91 Å². The molecule has 1 N–H and O–H groups in total. The maximum atomic E-state index is 11.7. The largest absolute Gasteiger partial charge is 0.350 e. The van der Waals surface area contributed by atoms with Gasteiger partial charge in [-0.3, -0.25) is 4.79 Å². The molecule has 0 aromatic carbocycles. The molecule has 0 bridgehead atoms. The quantitative estimate of drug-likeness (QED) is 0.805. The topological polar surface area (TPSA) is 42.0 Å². The lowest BCUT2D eigenvalue weighted by Crippen LogP contribution is -2.31. The number of amides is 1. The van der Waals surface area contributed by atoms with E-state index < -0.39 is 0 Å². The van der Waals surface area contributed by atoms with Crippen LogP contribution in [0.25, 0.3) is 0 Å². The van der Waals surface area contributed by atoms with Gasteiger partial charge in [-0.2, -0.15) is 0 Å². The molecule has 0 saturated heterocycles. The van der Waals surface area contributed by atoms with E-state index in [-0.39, 0.29) is 11.9 Å². The molecule has 1 amide bonds. The molecule has 0 fully saturated rings. The van der Waals surface area contributed by atoms with Crippen LogP contribution >= 0.6 is 11.6 Å². The molecule has 1 atom stereocenters. The van der Waals surface area contributed by atoms with Gasteiger partial charge in [0.2, 0.25) is 0 Å². The highest BCUT2D eigenvalue weighted by Gasteiger charge is 2.09. The predicted molar refractivity (Wildman–Crippen MR) is 61.2 cm³/mol. The smallest absolute Gasteiger partial charge is 0.251 e. The Morgan fingerprint density at radius 1 is 1.60 bits per heavy atom. The first-order valence-electron chi connectivity index (χ1n) is 4.98. The van der Waals surface area contributed by atoms with E-state index >= 15 is 0 Å². The van der Waals surface area contributed by atoms with Gasteiger partial charge < -0.3 is 5.32 Å². The van der Waals surface area contributed by atoms with Gasteiger partial charge in [0.1, 0.15) is 5.15 Å². The lowest BCUT2D eigenvalue weighted by Gasteiger charge is -2.11. The number of hydrogen-bond acceptors (Lipinski definition) is 2. The number of nitrogens with zero attached hydrogens (tertiary/aromatic N) is 1. The summed E-state index contributed by atoms with van der Waals surface area (Å²) in [7, 11) is 0. The molecule has 15 heavy (non-hydrogen) atoms. The molecule has 82 valence electrons. The minimum Gasteiger partial charge on any atom is -0.350 e. The Labute approximate surface area is 94.9 Å². The van der Waals surface area contributed by atoms with Crippen LogP contribution in [0.3, 0.4) is 0 Å². The van der Waals surface area contributed by atoms with Crippen LogP contribution < -0.4 is 5.32 Å². The Morgan fingerprint density at radius 2 is 2.27 bits per heavy atom. The summed E-state index contributed by atoms with van der Waals surface area (Å²) in [5.41, 5.74) is 1.31. The molecule has 0 saturated carbocycles. The molecule has 3 nitrogen and oxygen atoms in total. The van der Waals surface area contributed by atoms with Crippen LogP contribution in [-0.4, -0.2) is 16.9 Å². The fourth-order valence-electron chi connectivity index (χ4n) is 1.17. The van der Waals surface area contributed by atoms with Crippen molar-refractivity contribution in [3.63, 3.8) is 0 Å². The van der Waals surface area contributed by atoms with Gasteiger partial charge in [-0.15, -0.1) is 0 Å². The Morgan fingerprint density at radius 3 is 2.80 bits per heavy atom. The molecule has 1 heterocycles. The summed E-state index contributed by atoms with van der Waals surface area (Å²) < 4.78 is 0. The van der Waals surface area contributed by atoms with Gasteiger partial charge in [0.05, 0.1) is 0 Å². The Bertz CT molecular complexity index is 345. The van der Waals surface area contributed by atoms with Crippen molar-refractivity contribution >= 4 is 17.5 Å². The molecule has 1 aromatic heterocycles. The molecule has 1 rings (SSSR count). The van der Waals surface area contributed by atoms with Crippen molar-refractivity contribution in [1.82, 2.24) is 10.3 Å². The molecule has 0 aliphatic rings. The molecule has 0 aliphatic carbocycles. The van der Waals surface area contributed by atoms with E-state index in [1.807, 2.05) is 20.8 Å². The highest BCUT2D eigenvalue weighted by molar-refractivity contribution is 6.29. The highest BCUT2D eigenvalue weighted by Crippen LogP contribution is 2.10. The molecule has 1 unspecified atom stereocenters. The lowest BCUT2D eigenvalue weighted by molar-refractivity contribution is 0.0939. The van der Waals surface area contributed by atoms with E-state index in [9.17, 15) is 4.79 Å². The third kappa shape index (κ3) is 3.51. The zero-order chi connectivity index (χ0) is 11.4. The summed E-state index contributed by atoms with van der Waals surface area (Å²) in [4.78, 5) is 15.7. The molecular formula is C11H15ClN2O. The first kappa shape index (κ1) is 12.0. The van der Waals surface area contributed by atoms with Gasteiger partial charge in [-0.1, -0.05) is 18.5 Å². The number of carbonyl (C=O) groups is 1. The second-order valence-electron chi connectivity index (χ2n) is 3.60. The van der Waals surface area contributed by atoms with Gasteiger partial charge >= 0.3 is 0 Å². The zero-order valence-corrected chi connectivity index (χ0v) is 9.93. The predicted octanol–water partition coefficient (Wildman–Crippen LogP) is 2.57. The molecule has 0 spiro atoms. The first-order chi connectivity index (χ1) is 7.02. The van der Waals surface area contributed by atoms with E-state index in [4.69, 9.17) is 11.6 Å². The second-order valence-corrected chi connectivity index (χ2v) is 3.99. The summed E-state index contributed by atoms with van der Waals surface area (Å²) in [6.07, 6.45) is 0.906. The average molecular weight is 227 g/mol. The lowest BCUT2D eigenvalue weighted by atomic mass is 10.2. The molecule has 4 heteroatoms. The Kier molecular flexibility index (Phi) is 4.09. The molecular weight excluding hydrogens is 212 g/mol. The van der Waals surface area contributed by atoms with Gasteiger partial charge in [0.15, 0.2) is 0 Å².